The van der Waals surface area contributed by atoms with Crippen LogP contribution in [0.3, 0.4) is 0 Å². The molecule has 4 nitrogen and oxygen atoms in total. The number of aliphatic hydroxyl groups excluding tert-OH is 1. The van der Waals surface area contributed by atoms with Crippen molar-refractivity contribution in [2.75, 3.05) is 6.54 Å². The number of carbonyl (C=O) groups excluding carboxylic acids is 1. The quantitative estimate of drug-likeness (QED) is 0.752. The molecule has 0 aliphatic heterocycles. The van der Waals surface area contributed by atoms with Crippen LogP contribution in [0, 0.1) is 5.41 Å². The fraction of sp³-hybridized carbons (Fsp3) is 0.588. The third-order valence-corrected chi connectivity index (χ3v) is 4.55. The minimum atomic E-state index is 0. The molecule has 1 fully saturated rings. The first kappa shape index (κ1) is 18.9. The van der Waals surface area contributed by atoms with Gasteiger partial charge in [-0.05, 0) is 35.9 Å². The fourth-order valence-corrected chi connectivity index (χ4v) is 3.20. The number of amides is 1. The van der Waals surface area contributed by atoms with E-state index in [0.717, 1.165) is 24.0 Å². The van der Waals surface area contributed by atoms with E-state index in [4.69, 9.17) is 10.8 Å². The van der Waals surface area contributed by atoms with Crippen LogP contribution in [0.4, 0.5) is 0 Å². The molecule has 22 heavy (non-hydrogen) atoms. The Balaban J connectivity index is 0.00000242. The molecule has 0 aromatic heterocycles. The Labute approximate surface area is 138 Å². The highest BCUT2D eigenvalue weighted by Gasteiger charge is 2.32. The van der Waals surface area contributed by atoms with Crippen molar-refractivity contribution in [3.05, 3.63) is 35.4 Å². The largest absolute Gasteiger partial charge is 0.392 e. The van der Waals surface area contributed by atoms with E-state index in [0.29, 0.717) is 19.5 Å². The first-order valence-electron chi connectivity index (χ1n) is 7.83. The van der Waals surface area contributed by atoms with Crippen molar-refractivity contribution in [3.63, 3.8) is 0 Å². The zero-order valence-electron chi connectivity index (χ0n) is 13.0. The van der Waals surface area contributed by atoms with Crippen molar-refractivity contribution in [2.24, 2.45) is 11.1 Å². The Hall–Kier alpha value is -1.10. The predicted octanol–water partition coefficient (Wildman–Crippen LogP) is 2.52. The topological polar surface area (TPSA) is 75.4 Å². The number of aliphatic hydroxyl groups is 1. The third kappa shape index (κ3) is 5.27. The normalized spacial score (nSPS) is 16.6. The van der Waals surface area contributed by atoms with Crippen molar-refractivity contribution in [1.82, 2.24) is 5.32 Å². The monoisotopic (exact) mass is 326 g/mol. The summed E-state index contributed by atoms with van der Waals surface area (Å²) >= 11 is 0. The molecule has 0 saturated heterocycles. The van der Waals surface area contributed by atoms with Gasteiger partial charge < -0.3 is 16.2 Å². The number of rotatable bonds is 6. The molecule has 1 aliphatic carbocycles. The minimum Gasteiger partial charge on any atom is -0.392 e. The smallest absolute Gasteiger partial charge is 0.220 e. The second-order valence-corrected chi connectivity index (χ2v) is 6.20. The van der Waals surface area contributed by atoms with E-state index in [9.17, 15) is 4.79 Å². The van der Waals surface area contributed by atoms with E-state index in [1.54, 1.807) is 0 Å². The van der Waals surface area contributed by atoms with Gasteiger partial charge in [0.05, 0.1) is 6.61 Å². The van der Waals surface area contributed by atoms with Crippen LogP contribution in [0.15, 0.2) is 24.3 Å². The van der Waals surface area contributed by atoms with E-state index in [1.165, 1.54) is 19.3 Å². The molecule has 0 bridgehead atoms. The Morgan fingerprint density at radius 3 is 2.55 bits per heavy atom. The lowest BCUT2D eigenvalue weighted by atomic mass is 9.71. The molecular formula is C17H27ClN2O2. The number of nitrogens with one attached hydrogen (secondary N) is 1. The Bertz CT molecular complexity index is 473. The lowest BCUT2D eigenvalue weighted by molar-refractivity contribution is -0.124. The highest BCUT2D eigenvalue weighted by Crippen LogP contribution is 2.38. The van der Waals surface area contributed by atoms with E-state index < -0.39 is 0 Å². The summed E-state index contributed by atoms with van der Waals surface area (Å²) in [5.41, 5.74) is 7.82. The molecular weight excluding hydrogens is 300 g/mol. The molecule has 1 saturated carbocycles. The summed E-state index contributed by atoms with van der Waals surface area (Å²) in [4.78, 5) is 12.2. The van der Waals surface area contributed by atoms with Gasteiger partial charge in [0.25, 0.3) is 0 Å². The standard InChI is InChI=1S/C17H26N2O2.ClH/c18-13-17(7-2-1-3-8-17)10-16(21)19-11-14-5-4-6-15(9-14)12-20;/h4-6,9,20H,1-3,7-8,10-13,18H2,(H,19,21);1H. The van der Waals surface area contributed by atoms with Crippen molar-refractivity contribution < 1.29 is 9.90 Å². The van der Waals surface area contributed by atoms with Gasteiger partial charge >= 0.3 is 0 Å². The predicted molar refractivity (Wildman–Crippen MR) is 90.6 cm³/mol. The summed E-state index contributed by atoms with van der Waals surface area (Å²) in [5, 5.41) is 12.1. The fourth-order valence-electron chi connectivity index (χ4n) is 3.20. The highest BCUT2D eigenvalue weighted by molar-refractivity contribution is 5.85. The summed E-state index contributed by atoms with van der Waals surface area (Å²) in [6.07, 6.45) is 6.29. The molecule has 0 radical (unpaired) electrons. The Kier molecular flexibility index (Phi) is 7.87. The number of halogens is 1. The second kappa shape index (κ2) is 9.13. The SMILES string of the molecule is Cl.NCC1(CC(=O)NCc2cccc(CO)c2)CCCCC1. The van der Waals surface area contributed by atoms with E-state index >= 15 is 0 Å². The maximum absolute atomic E-state index is 12.2. The second-order valence-electron chi connectivity index (χ2n) is 6.20. The van der Waals surface area contributed by atoms with Crippen molar-refractivity contribution in [2.45, 2.75) is 51.7 Å². The first-order chi connectivity index (χ1) is 10.2. The molecule has 0 heterocycles. The molecule has 0 unspecified atom stereocenters. The lowest BCUT2D eigenvalue weighted by Crippen LogP contribution is -2.38. The molecule has 0 spiro atoms. The van der Waals surface area contributed by atoms with Crippen molar-refractivity contribution in [3.8, 4) is 0 Å². The Morgan fingerprint density at radius 2 is 1.91 bits per heavy atom. The molecule has 1 amide bonds. The lowest BCUT2D eigenvalue weighted by Gasteiger charge is -2.35. The zero-order valence-corrected chi connectivity index (χ0v) is 13.8. The van der Waals surface area contributed by atoms with E-state index in [-0.39, 0.29) is 30.3 Å². The summed E-state index contributed by atoms with van der Waals surface area (Å²) in [5.74, 6) is 0.0803. The molecule has 1 aromatic carbocycles. The van der Waals surface area contributed by atoms with Gasteiger partial charge in [-0.1, -0.05) is 43.5 Å². The van der Waals surface area contributed by atoms with Crippen LogP contribution in [-0.2, 0) is 17.9 Å². The first-order valence-corrected chi connectivity index (χ1v) is 7.83. The van der Waals surface area contributed by atoms with Gasteiger partial charge in [0.15, 0.2) is 0 Å². The van der Waals surface area contributed by atoms with Crippen LogP contribution in [-0.4, -0.2) is 17.6 Å². The summed E-state index contributed by atoms with van der Waals surface area (Å²) in [7, 11) is 0. The van der Waals surface area contributed by atoms with Crippen molar-refractivity contribution >= 4 is 18.3 Å². The number of nitrogens with two attached hydrogens (primary N) is 1. The Morgan fingerprint density at radius 1 is 1.23 bits per heavy atom. The van der Waals surface area contributed by atoms with Crippen LogP contribution < -0.4 is 11.1 Å². The molecule has 4 N–H and O–H groups in total. The molecule has 2 rings (SSSR count). The van der Waals surface area contributed by atoms with Gasteiger partial charge in [0.2, 0.25) is 5.91 Å². The third-order valence-electron chi connectivity index (χ3n) is 4.55. The maximum Gasteiger partial charge on any atom is 0.220 e. The van der Waals surface area contributed by atoms with Crippen LogP contribution >= 0.6 is 12.4 Å². The summed E-state index contributed by atoms with van der Waals surface area (Å²) in [6.45, 7) is 1.13. The summed E-state index contributed by atoms with van der Waals surface area (Å²) in [6, 6.07) is 7.64. The van der Waals surface area contributed by atoms with Gasteiger partial charge in [-0.2, -0.15) is 0 Å². The molecule has 5 heteroatoms. The zero-order chi connectivity index (χ0) is 15.1. The average Bonchev–Trinajstić information content (AvgIpc) is 2.54. The molecule has 1 aromatic rings. The van der Waals surface area contributed by atoms with E-state index in [2.05, 4.69) is 5.32 Å². The van der Waals surface area contributed by atoms with Crippen LogP contribution in [0.5, 0.6) is 0 Å². The van der Waals surface area contributed by atoms with Gasteiger partial charge in [-0.15, -0.1) is 12.4 Å². The van der Waals surface area contributed by atoms with Gasteiger partial charge in [0.1, 0.15) is 0 Å². The van der Waals surface area contributed by atoms with Crippen LogP contribution in [0.25, 0.3) is 0 Å². The van der Waals surface area contributed by atoms with E-state index in [1.807, 2.05) is 24.3 Å². The number of hydrogen-bond acceptors (Lipinski definition) is 3. The van der Waals surface area contributed by atoms with Gasteiger partial charge in [0, 0.05) is 13.0 Å². The average molecular weight is 327 g/mol. The van der Waals surface area contributed by atoms with Crippen molar-refractivity contribution in [1.29, 1.82) is 0 Å². The van der Waals surface area contributed by atoms with Crippen LogP contribution in [0.2, 0.25) is 0 Å². The van der Waals surface area contributed by atoms with Gasteiger partial charge in [-0.3, -0.25) is 4.79 Å². The van der Waals surface area contributed by atoms with Gasteiger partial charge in [-0.25, -0.2) is 0 Å². The minimum absolute atomic E-state index is 0. The molecule has 124 valence electrons. The molecule has 1 aliphatic rings. The number of benzene rings is 1. The maximum atomic E-state index is 12.2. The number of carbonyl (C=O) groups is 1. The summed E-state index contributed by atoms with van der Waals surface area (Å²) < 4.78 is 0. The highest BCUT2D eigenvalue weighted by atomic mass is 35.5. The number of hydrogen-bond donors (Lipinski definition) is 3. The molecule has 0 atom stereocenters. The van der Waals surface area contributed by atoms with Crippen LogP contribution in [0.1, 0.15) is 49.7 Å².